The predicted molar refractivity (Wildman–Crippen MR) is 92.7 cm³/mol. The molecule has 2 aromatic rings. The van der Waals surface area contributed by atoms with Crippen molar-refractivity contribution in [3.05, 3.63) is 42.1 Å². The van der Waals surface area contributed by atoms with Gasteiger partial charge >= 0.3 is 5.97 Å². The number of carbonyl (C=O) groups is 1. The maximum atomic E-state index is 12.0. The molecule has 0 aliphatic rings. The Kier molecular flexibility index (Phi) is 6.97. The van der Waals surface area contributed by atoms with E-state index in [-0.39, 0.29) is 5.97 Å². The second-order valence-electron chi connectivity index (χ2n) is 4.93. The highest BCUT2D eigenvalue weighted by molar-refractivity contribution is 5.96. The molecule has 0 atom stereocenters. The number of carbonyl (C=O) groups excluding carboxylic acids is 1. The van der Waals surface area contributed by atoms with Crippen LogP contribution in [-0.4, -0.2) is 42.8 Å². The summed E-state index contributed by atoms with van der Waals surface area (Å²) in [5, 5.41) is 6.27. The molecule has 2 rings (SSSR count). The highest BCUT2D eigenvalue weighted by Crippen LogP contribution is 2.20. The zero-order valence-corrected chi connectivity index (χ0v) is 13.9. The van der Waals surface area contributed by atoms with Crippen LogP contribution in [0.1, 0.15) is 23.7 Å². The molecule has 0 fully saturated rings. The van der Waals surface area contributed by atoms with E-state index in [1.807, 2.05) is 6.07 Å². The number of rotatable bonds is 9. The number of ether oxygens (including phenoxy) is 2. The van der Waals surface area contributed by atoms with Crippen LogP contribution in [0.15, 0.2) is 36.5 Å². The fraction of sp³-hybridized carbons (Fsp3) is 0.353. The molecule has 0 unspecified atom stereocenters. The average molecular weight is 330 g/mol. The number of benzene rings is 1. The van der Waals surface area contributed by atoms with Gasteiger partial charge in [0.1, 0.15) is 5.82 Å². The lowest BCUT2D eigenvalue weighted by Crippen LogP contribution is -2.10. The van der Waals surface area contributed by atoms with Crippen LogP contribution in [0.25, 0.3) is 0 Å². The van der Waals surface area contributed by atoms with Crippen LogP contribution < -0.4 is 10.6 Å². The largest absolute Gasteiger partial charge is 0.462 e. The Labute approximate surface area is 141 Å². The van der Waals surface area contributed by atoms with Gasteiger partial charge < -0.3 is 20.1 Å². The standard InChI is InChI=1S/C17H22N4O3/c1-3-24-16(22)13-7-4-5-8-14(13)20-17-19-11-9-15(21-17)18-10-6-12-23-2/h4-5,7-9,11H,3,6,10,12H2,1-2H3,(H2,18,19,20,21). The lowest BCUT2D eigenvalue weighted by atomic mass is 10.2. The van der Waals surface area contributed by atoms with E-state index in [0.717, 1.165) is 13.0 Å². The summed E-state index contributed by atoms with van der Waals surface area (Å²) in [6, 6.07) is 8.89. The molecular formula is C17H22N4O3. The van der Waals surface area contributed by atoms with Gasteiger partial charge in [-0.05, 0) is 31.5 Å². The number of anilines is 3. The molecule has 0 saturated carbocycles. The first kappa shape index (κ1) is 17.7. The van der Waals surface area contributed by atoms with Crippen LogP contribution in [0.4, 0.5) is 17.5 Å². The maximum Gasteiger partial charge on any atom is 0.340 e. The summed E-state index contributed by atoms with van der Waals surface area (Å²) in [5.74, 6) is 0.732. The molecule has 0 aliphatic heterocycles. The van der Waals surface area contributed by atoms with Crippen molar-refractivity contribution in [3.63, 3.8) is 0 Å². The Morgan fingerprint density at radius 2 is 2.08 bits per heavy atom. The van der Waals surface area contributed by atoms with Gasteiger partial charge in [0.15, 0.2) is 0 Å². The highest BCUT2D eigenvalue weighted by Gasteiger charge is 2.12. The molecule has 0 radical (unpaired) electrons. The third-order valence-corrected chi connectivity index (χ3v) is 3.16. The van der Waals surface area contributed by atoms with E-state index >= 15 is 0 Å². The summed E-state index contributed by atoms with van der Waals surface area (Å²) in [6.07, 6.45) is 2.54. The van der Waals surface area contributed by atoms with Gasteiger partial charge in [-0.15, -0.1) is 0 Å². The summed E-state index contributed by atoms with van der Waals surface area (Å²) in [7, 11) is 1.67. The van der Waals surface area contributed by atoms with Crippen molar-refractivity contribution in [2.75, 3.05) is 37.5 Å². The minimum atomic E-state index is -0.380. The zero-order valence-electron chi connectivity index (χ0n) is 13.9. The average Bonchev–Trinajstić information content (AvgIpc) is 2.60. The number of para-hydroxylation sites is 1. The summed E-state index contributed by atoms with van der Waals surface area (Å²) >= 11 is 0. The predicted octanol–water partition coefficient (Wildman–Crippen LogP) is 2.85. The van der Waals surface area contributed by atoms with Crippen molar-refractivity contribution < 1.29 is 14.3 Å². The van der Waals surface area contributed by atoms with Gasteiger partial charge in [0.2, 0.25) is 5.95 Å². The van der Waals surface area contributed by atoms with E-state index in [1.165, 1.54) is 0 Å². The number of nitrogens with one attached hydrogen (secondary N) is 2. The van der Waals surface area contributed by atoms with Crippen molar-refractivity contribution >= 4 is 23.4 Å². The number of hydrogen-bond acceptors (Lipinski definition) is 7. The van der Waals surface area contributed by atoms with E-state index in [1.54, 1.807) is 44.5 Å². The first-order valence-corrected chi connectivity index (χ1v) is 7.83. The van der Waals surface area contributed by atoms with Crippen LogP contribution in [0.5, 0.6) is 0 Å². The molecule has 0 saturated heterocycles. The zero-order chi connectivity index (χ0) is 17.2. The quantitative estimate of drug-likeness (QED) is 0.540. The van der Waals surface area contributed by atoms with Gasteiger partial charge in [0, 0.05) is 26.5 Å². The first-order valence-electron chi connectivity index (χ1n) is 7.83. The number of hydrogen-bond donors (Lipinski definition) is 2. The normalized spacial score (nSPS) is 10.2. The van der Waals surface area contributed by atoms with E-state index in [9.17, 15) is 4.79 Å². The van der Waals surface area contributed by atoms with Gasteiger partial charge in [-0.1, -0.05) is 12.1 Å². The van der Waals surface area contributed by atoms with E-state index < -0.39 is 0 Å². The lowest BCUT2D eigenvalue weighted by molar-refractivity contribution is 0.0527. The van der Waals surface area contributed by atoms with Crippen LogP contribution in [-0.2, 0) is 9.47 Å². The Morgan fingerprint density at radius 3 is 2.88 bits per heavy atom. The maximum absolute atomic E-state index is 12.0. The van der Waals surface area contributed by atoms with Gasteiger partial charge in [0.05, 0.1) is 17.9 Å². The third kappa shape index (κ3) is 5.20. The SMILES string of the molecule is CCOC(=O)c1ccccc1Nc1nccc(NCCCOC)n1. The summed E-state index contributed by atoms with van der Waals surface area (Å²) in [6.45, 7) is 3.54. The molecule has 128 valence electrons. The molecule has 7 nitrogen and oxygen atoms in total. The van der Waals surface area contributed by atoms with Crippen molar-refractivity contribution in [2.24, 2.45) is 0 Å². The summed E-state index contributed by atoms with van der Waals surface area (Å²) in [5.41, 5.74) is 1.05. The molecule has 0 spiro atoms. The van der Waals surface area contributed by atoms with Crippen LogP contribution in [0, 0.1) is 0 Å². The number of esters is 1. The smallest absolute Gasteiger partial charge is 0.340 e. The van der Waals surface area contributed by atoms with Gasteiger partial charge in [0.25, 0.3) is 0 Å². The Bertz CT molecular complexity index is 664. The molecule has 1 aromatic heterocycles. The fourth-order valence-corrected chi connectivity index (χ4v) is 2.05. The van der Waals surface area contributed by atoms with Crippen molar-refractivity contribution in [3.8, 4) is 0 Å². The van der Waals surface area contributed by atoms with E-state index in [0.29, 0.717) is 36.2 Å². The van der Waals surface area contributed by atoms with Crippen LogP contribution >= 0.6 is 0 Å². The molecule has 0 bridgehead atoms. The molecule has 2 N–H and O–H groups in total. The second kappa shape index (κ2) is 9.46. The molecule has 1 heterocycles. The highest BCUT2D eigenvalue weighted by atomic mass is 16.5. The number of nitrogens with zero attached hydrogens (tertiary/aromatic N) is 2. The van der Waals surface area contributed by atoms with Gasteiger partial charge in [-0.3, -0.25) is 0 Å². The number of aromatic nitrogens is 2. The van der Waals surface area contributed by atoms with E-state index in [4.69, 9.17) is 9.47 Å². The molecule has 7 heteroatoms. The number of methoxy groups -OCH3 is 1. The minimum Gasteiger partial charge on any atom is -0.462 e. The Balaban J connectivity index is 2.07. The topological polar surface area (TPSA) is 85.4 Å². The molecule has 0 aliphatic carbocycles. The molecule has 1 aromatic carbocycles. The molecule has 0 amide bonds. The lowest BCUT2D eigenvalue weighted by Gasteiger charge is -2.11. The molecular weight excluding hydrogens is 308 g/mol. The van der Waals surface area contributed by atoms with Crippen LogP contribution in [0.3, 0.4) is 0 Å². The van der Waals surface area contributed by atoms with Crippen LogP contribution in [0.2, 0.25) is 0 Å². The van der Waals surface area contributed by atoms with Gasteiger partial charge in [-0.25, -0.2) is 9.78 Å². The monoisotopic (exact) mass is 330 g/mol. The minimum absolute atomic E-state index is 0.324. The Hall–Kier alpha value is -2.67. The summed E-state index contributed by atoms with van der Waals surface area (Å²) < 4.78 is 10.1. The van der Waals surface area contributed by atoms with Crippen molar-refractivity contribution in [2.45, 2.75) is 13.3 Å². The first-order chi connectivity index (χ1) is 11.7. The van der Waals surface area contributed by atoms with Crippen molar-refractivity contribution in [1.82, 2.24) is 9.97 Å². The van der Waals surface area contributed by atoms with Gasteiger partial charge in [-0.2, -0.15) is 4.98 Å². The fourth-order valence-electron chi connectivity index (χ4n) is 2.05. The van der Waals surface area contributed by atoms with E-state index in [2.05, 4.69) is 20.6 Å². The van der Waals surface area contributed by atoms with Crippen molar-refractivity contribution in [1.29, 1.82) is 0 Å². The molecule has 24 heavy (non-hydrogen) atoms. The second-order valence-corrected chi connectivity index (χ2v) is 4.93. The Morgan fingerprint density at radius 1 is 1.25 bits per heavy atom. The third-order valence-electron chi connectivity index (χ3n) is 3.16. The summed E-state index contributed by atoms with van der Waals surface area (Å²) in [4.78, 5) is 20.6.